The monoisotopic (exact) mass is 313 g/mol. The standard InChI is InChI=1S/C10H19O2.Nd/c1-2-3-4-5-6-7-8-9-10(11)12;/h8H,2-7,9H2,1H3,(H,11,12);. The molecule has 0 aromatic heterocycles. The van der Waals surface area contributed by atoms with Crippen LogP contribution in [0.4, 0.5) is 0 Å². The molecule has 0 spiro atoms. The van der Waals surface area contributed by atoms with Crippen molar-refractivity contribution in [1.82, 2.24) is 0 Å². The zero-order valence-electron chi connectivity index (χ0n) is 8.38. The van der Waals surface area contributed by atoms with Gasteiger partial charge in [0.1, 0.15) is 0 Å². The first-order chi connectivity index (χ1) is 6.16. The van der Waals surface area contributed by atoms with Gasteiger partial charge in [-0.2, -0.15) is 0 Å². The minimum atomic E-state index is -0.631. The predicted octanol–water partition coefficient (Wildman–Crippen LogP) is 3.16. The van der Waals surface area contributed by atoms with Crippen molar-refractivity contribution in [3.05, 3.63) is 0 Å². The molecule has 0 aromatic carbocycles. The summed E-state index contributed by atoms with van der Waals surface area (Å²) in [5.41, 5.74) is 0. The zero-order valence-corrected chi connectivity index (χ0v) is 11.6. The molecule has 0 aromatic rings. The van der Waals surface area contributed by atoms with Crippen molar-refractivity contribution in [3.63, 3.8) is 0 Å². The third-order valence-corrected chi connectivity index (χ3v) is 3.66. The molecule has 3 heteroatoms. The number of carboxylic acids is 1. The number of aliphatic carboxylic acids is 1. The van der Waals surface area contributed by atoms with Gasteiger partial charge in [0.2, 0.25) is 0 Å². The Morgan fingerprint density at radius 1 is 1.31 bits per heavy atom. The van der Waals surface area contributed by atoms with Crippen LogP contribution in [0.5, 0.6) is 0 Å². The van der Waals surface area contributed by atoms with Crippen molar-refractivity contribution in [1.29, 1.82) is 0 Å². The van der Waals surface area contributed by atoms with Crippen LogP contribution in [0.15, 0.2) is 0 Å². The first kappa shape index (κ1) is 13.8. The third kappa shape index (κ3) is 10.7. The van der Waals surface area contributed by atoms with E-state index in [2.05, 4.69) is 6.92 Å². The molecule has 75 valence electrons. The van der Waals surface area contributed by atoms with Gasteiger partial charge in [-0.25, -0.2) is 0 Å². The number of hydrogen-bond acceptors (Lipinski definition) is 1. The first-order valence-corrected chi connectivity index (χ1v) is 6.95. The fraction of sp³-hybridized carbons (Fsp3) is 0.900. The molecule has 0 rings (SSSR count). The first-order valence-electron chi connectivity index (χ1n) is 5.09. The summed E-state index contributed by atoms with van der Waals surface area (Å²) in [4.78, 5) is 10.4. The van der Waals surface area contributed by atoms with Crippen LogP contribution in [0.2, 0.25) is 1.57 Å². The van der Waals surface area contributed by atoms with Gasteiger partial charge >= 0.3 is 108 Å². The molecule has 1 unspecified atom stereocenters. The second-order valence-electron chi connectivity index (χ2n) is 3.50. The molecule has 0 aliphatic rings. The number of hydrogen-bond donors (Lipinski definition) is 1. The van der Waals surface area contributed by atoms with Gasteiger partial charge in [0.15, 0.2) is 0 Å². The van der Waals surface area contributed by atoms with E-state index in [9.17, 15) is 4.79 Å². The minimum absolute atomic E-state index is 0.389. The summed E-state index contributed by atoms with van der Waals surface area (Å²) in [6, 6.07) is 0. The van der Waals surface area contributed by atoms with Crippen LogP contribution < -0.4 is 0 Å². The number of carboxylic acid groups (broad SMARTS) is 1. The van der Waals surface area contributed by atoms with Gasteiger partial charge in [-0.15, -0.1) is 0 Å². The van der Waals surface area contributed by atoms with Crippen molar-refractivity contribution >= 4 is 5.97 Å². The Kier molecular flexibility index (Phi) is 9.97. The second kappa shape index (κ2) is 9.38. The van der Waals surface area contributed by atoms with Crippen LogP contribution in [-0.4, -0.2) is 11.1 Å². The maximum atomic E-state index is 10.4. The van der Waals surface area contributed by atoms with Crippen molar-refractivity contribution in [2.45, 2.75) is 53.4 Å². The van der Waals surface area contributed by atoms with Gasteiger partial charge in [0, 0.05) is 0 Å². The Hall–Kier alpha value is 0.821. The van der Waals surface area contributed by atoms with Gasteiger partial charge < -0.3 is 0 Å². The molecule has 1 N–H and O–H groups in total. The molecular weight excluding hydrogens is 296 g/mol. The molecule has 0 amide bonds. The van der Waals surface area contributed by atoms with E-state index in [1.807, 2.05) is 0 Å². The molecule has 0 fully saturated rings. The number of carbonyl (C=O) groups is 1. The maximum absolute atomic E-state index is 10.4. The Morgan fingerprint density at radius 2 is 1.92 bits per heavy atom. The molecule has 0 saturated heterocycles. The van der Waals surface area contributed by atoms with Crippen LogP contribution in [0.3, 0.4) is 0 Å². The van der Waals surface area contributed by atoms with E-state index >= 15 is 0 Å². The van der Waals surface area contributed by atoms with Crippen molar-refractivity contribution in [2.75, 3.05) is 0 Å². The second-order valence-corrected chi connectivity index (χ2v) is 6.12. The summed E-state index contributed by atoms with van der Waals surface area (Å²) in [6.07, 6.45) is 7.94. The Labute approximate surface area is 107 Å². The molecular formula is C10H19NdO2. The molecule has 0 radical (unpaired) electrons. The Morgan fingerprint density at radius 3 is 2.46 bits per heavy atom. The van der Waals surface area contributed by atoms with E-state index in [0.29, 0.717) is 7.99 Å². The average Bonchev–Trinajstić information content (AvgIpc) is 2.02. The van der Waals surface area contributed by atoms with E-state index in [-0.39, 0.29) is 0 Å². The normalized spacial score (nSPS) is 12.6. The van der Waals surface area contributed by atoms with E-state index in [1.165, 1.54) is 32.1 Å². The van der Waals surface area contributed by atoms with Crippen molar-refractivity contribution < 1.29 is 48.7 Å². The van der Waals surface area contributed by atoms with Gasteiger partial charge in [0.05, 0.1) is 0 Å². The molecule has 1 atom stereocenters. The molecule has 0 aliphatic carbocycles. The van der Waals surface area contributed by atoms with Crippen LogP contribution >= 0.6 is 0 Å². The van der Waals surface area contributed by atoms with Crippen molar-refractivity contribution in [2.24, 2.45) is 0 Å². The summed E-state index contributed by atoms with van der Waals surface area (Å²) in [7, 11) is 0. The van der Waals surface area contributed by atoms with Crippen LogP contribution in [0.25, 0.3) is 0 Å². The number of unbranched alkanes of at least 4 members (excludes halogenated alkanes) is 4. The van der Waals surface area contributed by atoms with Crippen LogP contribution in [0.1, 0.15) is 51.9 Å². The molecule has 0 saturated carbocycles. The molecule has 2 nitrogen and oxygen atoms in total. The SMILES string of the molecule is CCCCCCC[CH]([Nd])CC(=O)O. The van der Waals surface area contributed by atoms with Gasteiger partial charge in [0.25, 0.3) is 0 Å². The van der Waals surface area contributed by atoms with E-state index in [0.717, 1.165) is 45.2 Å². The molecule has 0 bridgehead atoms. The molecule has 13 heavy (non-hydrogen) atoms. The summed E-state index contributed by atoms with van der Waals surface area (Å²) in [6.45, 7) is 2.21. The summed E-state index contributed by atoms with van der Waals surface area (Å²) < 4.78 is 0.485. The topological polar surface area (TPSA) is 37.3 Å². The number of rotatable bonds is 8. The van der Waals surface area contributed by atoms with E-state index < -0.39 is 5.97 Å². The zero-order chi connectivity index (χ0) is 10.1. The van der Waals surface area contributed by atoms with Gasteiger partial charge in [-0.1, -0.05) is 0 Å². The van der Waals surface area contributed by atoms with E-state index in [1.54, 1.807) is 0 Å². The molecule has 0 heterocycles. The Bertz CT molecular complexity index is 137. The third-order valence-electron chi connectivity index (χ3n) is 2.08. The fourth-order valence-electron chi connectivity index (χ4n) is 1.31. The summed E-state index contributed by atoms with van der Waals surface area (Å²) >= 11 is 1.03. The quantitative estimate of drug-likeness (QED) is 0.699. The molecule has 0 aliphatic heterocycles. The predicted molar refractivity (Wildman–Crippen MR) is 49.4 cm³/mol. The Balaban J connectivity index is 3.17. The summed E-state index contributed by atoms with van der Waals surface area (Å²) in [5.74, 6) is -0.631. The fourth-order valence-corrected chi connectivity index (χ4v) is 2.52. The van der Waals surface area contributed by atoms with Gasteiger partial charge in [-0.3, -0.25) is 0 Å². The van der Waals surface area contributed by atoms with Crippen LogP contribution in [-0.2, 0) is 4.79 Å². The van der Waals surface area contributed by atoms with Crippen molar-refractivity contribution in [3.8, 4) is 0 Å². The van der Waals surface area contributed by atoms with Gasteiger partial charge in [-0.05, 0) is 0 Å². The average molecular weight is 316 g/mol. The van der Waals surface area contributed by atoms with Crippen LogP contribution in [0, 0.1) is 38.8 Å². The summed E-state index contributed by atoms with van der Waals surface area (Å²) in [5, 5.41) is 8.55. The van der Waals surface area contributed by atoms with E-state index in [4.69, 9.17) is 5.11 Å².